The highest BCUT2D eigenvalue weighted by atomic mass is 16.6. The average molecular weight is 389 g/mol. The molecule has 1 aromatic rings. The van der Waals surface area contributed by atoms with Crippen LogP contribution in [0.5, 0.6) is 0 Å². The number of aromatic nitrogens is 1. The van der Waals surface area contributed by atoms with E-state index < -0.39 is 5.60 Å². The molecule has 0 N–H and O–H groups in total. The summed E-state index contributed by atoms with van der Waals surface area (Å²) in [6.45, 7) is 3.22. The lowest BCUT2D eigenvalue weighted by molar-refractivity contribution is -0.136. The molecule has 3 aliphatic heterocycles. The third-order valence-electron chi connectivity index (χ3n) is 5.87. The van der Waals surface area contributed by atoms with Gasteiger partial charge in [-0.2, -0.15) is 0 Å². The van der Waals surface area contributed by atoms with Crippen molar-refractivity contribution in [3.8, 4) is 0 Å². The Morgan fingerprint density at radius 3 is 2.96 bits per heavy atom. The van der Waals surface area contributed by atoms with Gasteiger partial charge in [0.1, 0.15) is 18.0 Å². The van der Waals surface area contributed by atoms with Gasteiger partial charge in [0, 0.05) is 44.7 Å². The second-order valence-corrected chi connectivity index (χ2v) is 7.78. The van der Waals surface area contributed by atoms with Gasteiger partial charge in [0.2, 0.25) is 5.91 Å². The van der Waals surface area contributed by atoms with Gasteiger partial charge in [-0.15, -0.1) is 0 Å². The number of anilines is 1. The van der Waals surface area contributed by atoms with E-state index in [2.05, 4.69) is 0 Å². The third kappa shape index (κ3) is 3.84. The summed E-state index contributed by atoms with van der Waals surface area (Å²) < 4.78 is 16.1. The third-order valence-corrected chi connectivity index (χ3v) is 5.87. The molecule has 0 radical (unpaired) electrons. The van der Waals surface area contributed by atoms with Crippen LogP contribution in [0, 0.1) is 0 Å². The number of rotatable bonds is 4. The molecule has 8 heteroatoms. The zero-order valence-corrected chi connectivity index (χ0v) is 16.3. The molecule has 152 valence electrons. The molecule has 4 rings (SSSR count). The molecule has 3 fully saturated rings. The number of carbonyl (C=O) groups excluding carboxylic acids is 2. The summed E-state index contributed by atoms with van der Waals surface area (Å²) in [7, 11) is 1.53. The molecule has 8 nitrogen and oxygen atoms in total. The molecule has 1 aromatic heterocycles. The highest BCUT2D eigenvalue weighted by Gasteiger charge is 2.47. The zero-order chi connectivity index (χ0) is 19.6. The number of methoxy groups -OCH3 is 1. The number of ether oxygens (including phenoxy) is 3. The van der Waals surface area contributed by atoms with Crippen molar-refractivity contribution in [3.05, 3.63) is 23.9 Å². The van der Waals surface area contributed by atoms with Crippen LogP contribution in [0.1, 0.15) is 37.3 Å². The van der Waals surface area contributed by atoms with Crippen molar-refractivity contribution in [1.82, 2.24) is 9.88 Å². The summed E-state index contributed by atoms with van der Waals surface area (Å²) in [6, 6.07) is 5.75. The lowest BCUT2D eigenvalue weighted by Gasteiger charge is -2.32. The van der Waals surface area contributed by atoms with Gasteiger partial charge in [-0.05, 0) is 25.0 Å². The Morgan fingerprint density at radius 2 is 2.18 bits per heavy atom. The Hall–Kier alpha value is -2.19. The monoisotopic (exact) mass is 389 g/mol. The fraction of sp³-hybridized carbons (Fsp3) is 0.650. The Kier molecular flexibility index (Phi) is 5.50. The summed E-state index contributed by atoms with van der Waals surface area (Å²) in [6.07, 6.45) is 2.99. The summed E-state index contributed by atoms with van der Waals surface area (Å²) in [4.78, 5) is 32.9. The van der Waals surface area contributed by atoms with E-state index in [1.165, 1.54) is 7.11 Å². The van der Waals surface area contributed by atoms with Gasteiger partial charge in [0.05, 0.1) is 19.8 Å². The summed E-state index contributed by atoms with van der Waals surface area (Å²) in [5.41, 5.74) is 0.453. The van der Waals surface area contributed by atoms with Crippen LogP contribution in [0.4, 0.5) is 10.6 Å². The Bertz CT molecular complexity index is 734. The van der Waals surface area contributed by atoms with Crippen molar-refractivity contribution >= 4 is 17.8 Å². The largest absolute Gasteiger partial charge is 0.440 e. The number of nitrogens with zero attached hydrogens (tertiary/aromatic N) is 3. The predicted octanol–water partition coefficient (Wildman–Crippen LogP) is 1.94. The number of likely N-dealkylation sites (tertiary alicyclic amines) is 1. The van der Waals surface area contributed by atoms with Crippen LogP contribution < -0.4 is 4.90 Å². The van der Waals surface area contributed by atoms with Gasteiger partial charge < -0.3 is 19.1 Å². The van der Waals surface area contributed by atoms with E-state index in [9.17, 15) is 9.59 Å². The molecule has 4 heterocycles. The molecule has 1 atom stereocenters. The van der Waals surface area contributed by atoms with E-state index in [0.29, 0.717) is 45.0 Å². The molecular weight excluding hydrogens is 362 g/mol. The van der Waals surface area contributed by atoms with Gasteiger partial charge in [0.25, 0.3) is 0 Å². The van der Waals surface area contributed by atoms with E-state index in [1.54, 1.807) is 4.90 Å². The van der Waals surface area contributed by atoms with Crippen LogP contribution >= 0.6 is 0 Å². The van der Waals surface area contributed by atoms with Gasteiger partial charge in [-0.3, -0.25) is 9.69 Å². The smallest absolute Gasteiger partial charge is 0.416 e. The minimum Gasteiger partial charge on any atom is -0.440 e. The Labute approximate surface area is 164 Å². The molecule has 0 unspecified atom stereocenters. The van der Waals surface area contributed by atoms with Gasteiger partial charge >= 0.3 is 6.09 Å². The fourth-order valence-electron chi connectivity index (χ4n) is 4.28. The van der Waals surface area contributed by atoms with Gasteiger partial charge in [-0.1, -0.05) is 6.07 Å². The maximum Gasteiger partial charge on any atom is 0.416 e. The van der Waals surface area contributed by atoms with E-state index in [0.717, 1.165) is 25.1 Å². The molecule has 0 bridgehead atoms. The predicted molar refractivity (Wildman–Crippen MR) is 101 cm³/mol. The van der Waals surface area contributed by atoms with Crippen LogP contribution in [-0.2, 0) is 19.0 Å². The maximum absolute atomic E-state index is 12.5. The van der Waals surface area contributed by atoms with Crippen LogP contribution in [-0.4, -0.2) is 74.1 Å². The molecule has 2 amide bonds. The first-order chi connectivity index (χ1) is 13.6. The topological polar surface area (TPSA) is 81.2 Å². The lowest BCUT2D eigenvalue weighted by Crippen LogP contribution is -2.41. The highest BCUT2D eigenvalue weighted by molar-refractivity contribution is 5.89. The molecule has 0 saturated carbocycles. The van der Waals surface area contributed by atoms with E-state index in [-0.39, 0.29) is 24.5 Å². The van der Waals surface area contributed by atoms with Crippen molar-refractivity contribution in [2.45, 2.75) is 37.2 Å². The molecule has 0 aromatic carbocycles. The highest BCUT2D eigenvalue weighted by Crippen LogP contribution is 2.35. The van der Waals surface area contributed by atoms with E-state index >= 15 is 0 Å². The number of hydrogen-bond acceptors (Lipinski definition) is 6. The van der Waals surface area contributed by atoms with Crippen molar-refractivity contribution in [1.29, 1.82) is 0 Å². The van der Waals surface area contributed by atoms with Crippen LogP contribution in [0.3, 0.4) is 0 Å². The fourth-order valence-corrected chi connectivity index (χ4v) is 4.28. The summed E-state index contributed by atoms with van der Waals surface area (Å²) >= 11 is 0. The normalized spacial score (nSPS) is 24.5. The molecule has 3 saturated heterocycles. The van der Waals surface area contributed by atoms with Crippen LogP contribution in [0.2, 0.25) is 0 Å². The zero-order valence-electron chi connectivity index (χ0n) is 16.3. The number of hydrogen-bond donors (Lipinski definition) is 0. The molecule has 28 heavy (non-hydrogen) atoms. The minimum atomic E-state index is -0.457. The molecular formula is C20H27N3O5. The van der Waals surface area contributed by atoms with Gasteiger partial charge in [0.15, 0.2) is 0 Å². The minimum absolute atomic E-state index is 0.00735. The first kappa shape index (κ1) is 19.1. The molecule has 1 spiro atoms. The summed E-state index contributed by atoms with van der Waals surface area (Å²) in [5, 5.41) is 0. The SMILES string of the molecule is COCC(=O)N1CCC[C@@H](c2cccc(N3CC4(CCOCC4)OC3=O)n2)C1. The maximum atomic E-state index is 12.5. The van der Waals surface area contributed by atoms with Crippen molar-refractivity contribution in [2.24, 2.45) is 0 Å². The Balaban J connectivity index is 1.48. The van der Waals surface area contributed by atoms with E-state index in [4.69, 9.17) is 19.2 Å². The van der Waals surface area contributed by atoms with E-state index in [1.807, 2.05) is 23.1 Å². The standard InChI is InChI=1S/C20H27N3O5/c1-26-13-18(24)22-9-3-4-15(12-22)16-5-2-6-17(21-16)23-14-20(28-19(23)25)7-10-27-11-8-20/h2,5-6,15H,3-4,7-14H2,1H3/t15-/m1/s1. The van der Waals surface area contributed by atoms with Crippen molar-refractivity contribution in [3.63, 3.8) is 0 Å². The summed E-state index contributed by atoms with van der Waals surface area (Å²) in [5.74, 6) is 0.782. The second-order valence-electron chi connectivity index (χ2n) is 7.78. The lowest BCUT2D eigenvalue weighted by atomic mass is 9.94. The number of pyridine rings is 1. The number of carbonyl (C=O) groups is 2. The Morgan fingerprint density at radius 1 is 1.36 bits per heavy atom. The number of piperidine rings is 1. The first-order valence-corrected chi connectivity index (χ1v) is 9.92. The van der Waals surface area contributed by atoms with Crippen molar-refractivity contribution in [2.75, 3.05) is 51.5 Å². The average Bonchev–Trinajstić information content (AvgIpc) is 3.04. The van der Waals surface area contributed by atoms with Gasteiger partial charge in [-0.25, -0.2) is 9.78 Å². The number of amides is 2. The molecule has 0 aliphatic carbocycles. The first-order valence-electron chi connectivity index (χ1n) is 9.92. The molecule has 3 aliphatic rings. The second kappa shape index (κ2) is 8.05. The van der Waals surface area contributed by atoms with Crippen LogP contribution in [0.25, 0.3) is 0 Å². The quantitative estimate of drug-likeness (QED) is 0.783. The van der Waals surface area contributed by atoms with Crippen LogP contribution in [0.15, 0.2) is 18.2 Å². The van der Waals surface area contributed by atoms with Crippen molar-refractivity contribution < 1.29 is 23.8 Å².